The van der Waals surface area contributed by atoms with Gasteiger partial charge in [0.25, 0.3) is 0 Å². The number of anilines is 1. The minimum atomic E-state index is -4.42. The van der Waals surface area contributed by atoms with Crippen LogP contribution in [0.25, 0.3) is 0 Å². The summed E-state index contributed by atoms with van der Waals surface area (Å²) in [6.45, 7) is 2.18. The fraction of sp³-hybridized carbons (Fsp3) is 0.333. The Morgan fingerprint density at radius 2 is 1.77 bits per heavy atom. The number of nitrogens with one attached hydrogen (secondary N) is 2. The number of hydrogen-bond acceptors (Lipinski definition) is 2. The van der Waals surface area contributed by atoms with Gasteiger partial charge in [0.15, 0.2) is 0 Å². The molecule has 0 aliphatic carbocycles. The van der Waals surface area contributed by atoms with Gasteiger partial charge in [0.1, 0.15) is 6.54 Å². The number of benzene rings is 1. The van der Waals surface area contributed by atoms with Crippen LogP contribution in [0.3, 0.4) is 0 Å². The van der Waals surface area contributed by atoms with Crippen molar-refractivity contribution in [2.24, 2.45) is 0 Å². The van der Waals surface area contributed by atoms with Gasteiger partial charge >= 0.3 is 6.18 Å². The molecular weight excluding hydrogens is 297 g/mol. The van der Waals surface area contributed by atoms with Gasteiger partial charge in [0, 0.05) is 12.1 Å². The largest absolute Gasteiger partial charge is 0.405 e. The highest BCUT2D eigenvalue weighted by atomic mass is 19.4. The zero-order valence-corrected chi connectivity index (χ0v) is 11.9. The summed E-state index contributed by atoms with van der Waals surface area (Å²) in [5.41, 5.74) is 1.12. The molecule has 2 N–H and O–H groups in total. The smallest absolute Gasteiger partial charge is 0.347 e. The van der Waals surface area contributed by atoms with E-state index in [-0.39, 0.29) is 12.3 Å². The van der Waals surface area contributed by atoms with Gasteiger partial charge in [-0.25, -0.2) is 0 Å². The van der Waals surface area contributed by atoms with Crippen molar-refractivity contribution in [1.82, 2.24) is 5.32 Å². The first kappa shape index (κ1) is 17.7. The summed E-state index contributed by atoms with van der Waals surface area (Å²) in [6.07, 6.45) is -2.04. The Balaban J connectivity index is 2.46. The maximum absolute atomic E-state index is 12.0. The highest BCUT2D eigenvalue weighted by Crippen LogP contribution is 2.13. The van der Waals surface area contributed by atoms with E-state index < -0.39 is 18.6 Å². The number of halogens is 3. The van der Waals surface area contributed by atoms with E-state index in [9.17, 15) is 22.8 Å². The highest BCUT2D eigenvalue weighted by Gasteiger charge is 2.27. The topological polar surface area (TPSA) is 58.2 Å². The minimum absolute atomic E-state index is 0.152. The van der Waals surface area contributed by atoms with Gasteiger partial charge in [-0.1, -0.05) is 18.2 Å². The quantitative estimate of drug-likeness (QED) is 0.760. The summed E-state index contributed by atoms with van der Waals surface area (Å²) in [5.74, 6) is -0.865. The van der Waals surface area contributed by atoms with Gasteiger partial charge in [-0.15, -0.1) is 6.58 Å². The van der Waals surface area contributed by atoms with Crippen molar-refractivity contribution in [3.05, 3.63) is 42.5 Å². The molecule has 0 aliphatic rings. The summed E-state index contributed by atoms with van der Waals surface area (Å²) in [6, 6.07) is 6.35. The second kappa shape index (κ2) is 8.21. The van der Waals surface area contributed by atoms with Gasteiger partial charge < -0.3 is 10.6 Å². The monoisotopic (exact) mass is 314 g/mol. The van der Waals surface area contributed by atoms with Crippen LogP contribution in [0.1, 0.15) is 18.4 Å². The standard InChI is InChI=1S/C15H17F3N2O2/c1-2-3-4-13(21)20-12-7-5-11(6-8-12)9-14(22)19-10-15(16,17)18/h2,5-8H,1,3-4,9-10H2,(H,19,22)(H,20,21). The van der Waals surface area contributed by atoms with E-state index in [0.29, 0.717) is 24.1 Å². The van der Waals surface area contributed by atoms with Gasteiger partial charge in [0.05, 0.1) is 6.42 Å². The van der Waals surface area contributed by atoms with Crippen LogP contribution in [0, 0.1) is 0 Å². The van der Waals surface area contributed by atoms with Crippen LogP contribution in [0.2, 0.25) is 0 Å². The number of carbonyl (C=O) groups is 2. The lowest BCUT2D eigenvalue weighted by atomic mass is 10.1. The molecule has 0 radical (unpaired) electrons. The third kappa shape index (κ3) is 7.47. The lowest BCUT2D eigenvalue weighted by molar-refractivity contribution is -0.138. The molecular formula is C15H17F3N2O2. The molecule has 0 fully saturated rings. The van der Waals surface area contributed by atoms with Gasteiger partial charge in [-0.3, -0.25) is 9.59 Å². The second-order valence-electron chi connectivity index (χ2n) is 4.64. The van der Waals surface area contributed by atoms with Crippen LogP contribution in [-0.4, -0.2) is 24.5 Å². The Bertz CT molecular complexity index is 525. The predicted octanol–water partition coefficient (Wildman–Crippen LogP) is 2.81. The Hall–Kier alpha value is -2.31. The molecule has 1 aromatic rings. The average molecular weight is 314 g/mol. The van der Waals surface area contributed by atoms with Crippen molar-refractivity contribution in [3.8, 4) is 0 Å². The Morgan fingerprint density at radius 1 is 1.14 bits per heavy atom. The lowest BCUT2D eigenvalue weighted by Gasteiger charge is -2.09. The van der Waals surface area contributed by atoms with E-state index in [1.165, 1.54) is 0 Å². The predicted molar refractivity (Wildman–Crippen MR) is 77.3 cm³/mol. The van der Waals surface area contributed by atoms with Crippen LogP contribution in [0.15, 0.2) is 36.9 Å². The van der Waals surface area contributed by atoms with E-state index in [0.717, 1.165) is 0 Å². The van der Waals surface area contributed by atoms with Crippen molar-refractivity contribution < 1.29 is 22.8 Å². The fourth-order valence-electron chi connectivity index (χ4n) is 1.61. The highest BCUT2D eigenvalue weighted by molar-refractivity contribution is 5.90. The van der Waals surface area contributed by atoms with Crippen molar-refractivity contribution in [2.45, 2.75) is 25.4 Å². The van der Waals surface area contributed by atoms with E-state index >= 15 is 0 Å². The zero-order chi connectivity index (χ0) is 16.6. The molecule has 0 spiro atoms. The fourth-order valence-corrected chi connectivity index (χ4v) is 1.61. The SMILES string of the molecule is C=CCCC(=O)Nc1ccc(CC(=O)NCC(F)(F)F)cc1. The molecule has 7 heteroatoms. The Labute approximate surface area is 126 Å². The number of allylic oxidation sites excluding steroid dienone is 1. The van der Waals surface area contributed by atoms with Crippen LogP contribution in [-0.2, 0) is 16.0 Å². The molecule has 1 rings (SSSR count). The number of hydrogen-bond donors (Lipinski definition) is 2. The molecule has 0 saturated carbocycles. The van der Waals surface area contributed by atoms with Crippen LogP contribution in [0.5, 0.6) is 0 Å². The van der Waals surface area contributed by atoms with E-state index in [1.807, 2.05) is 0 Å². The molecule has 0 saturated heterocycles. The summed E-state index contributed by atoms with van der Waals surface area (Å²) in [4.78, 5) is 22.8. The molecule has 0 aliphatic heterocycles. The van der Waals surface area contributed by atoms with Crippen LogP contribution in [0.4, 0.5) is 18.9 Å². The molecule has 2 amide bonds. The van der Waals surface area contributed by atoms with Crippen molar-refractivity contribution >= 4 is 17.5 Å². The Kier molecular flexibility index (Phi) is 6.62. The average Bonchev–Trinajstić information content (AvgIpc) is 2.44. The molecule has 0 bridgehead atoms. The molecule has 4 nitrogen and oxygen atoms in total. The van der Waals surface area contributed by atoms with Crippen molar-refractivity contribution in [1.29, 1.82) is 0 Å². The summed E-state index contributed by atoms with van der Waals surface area (Å²) in [5, 5.41) is 4.46. The third-order valence-corrected chi connectivity index (χ3v) is 2.66. The van der Waals surface area contributed by atoms with Crippen LogP contribution >= 0.6 is 0 Å². The van der Waals surface area contributed by atoms with E-state index in [4.69, 9.17) is 0 Å². The number of rotatable bonds is 7. The first-order valence-corrected chi connectivity index (χ1v) is 6.63. The molecule has 22 heavy (non-hydrogen) atoms. The minimum Gasteiger partial charge on any atom is -0.347 e. The number of carbonyl (C=O) groups excluding carboxylic acids is 2. The normalized spacial score (nSPS) is 10.9. The maximum Gasteiger partial charge on any atom is 0.405 e. The first-order chi connectivity index (χ1) is 10.3. The summed E-state index contributed by atoms with van der Waals surface area (Å²) < 4.78 is 35.9. The lowest BCUT2D eigenvalue weighted by Crippen LogP contribution is -2.34. The second-order valence-corrected chi connectivity index (χ2v) is 4.64. The van der Waals surface area contributed by atoms with Crippen molar-refractivity contribution in [3.63, 3.8) is 0 Å². The first-order valence-electron chi connectivity index (χ1n) is 6.63. The molecule has 0 unspecified atom stereocenters. The molecule has 1 aromatic carbocycles. The molecule has 0 atom stereocenters. The van der Waals surface area contributed by atoms with Gasteiger partial charge in [0.2, 0.25) is 11.8 Å². The molecule has 120 valence electrons. The maximum atomic E-state index is 12.0. The summed E-state index contributed by atoms with van der Waals surface area (Å²) in [7, 11) is 0. The third-order valence-electron chi connectivity index (χ3n) is 2.66. The van der Waals surface area contributed by atoms with Crippen LogP contribution < -0.4 is 10.6 Å². The Morgan fingerprint density at radius 3 is 2.32 bits per heavy atom. The van der Waals surface area contributed by atoms with Gasteiger partial charge in [-0.2, -0.15) is 13.2 Å². The number of alkyl halides is 3. The number of amides is 2. The van der Waals surface area contributed by atoms with E-state index in [1.54, 1.807) is 35.7 Å². The molecule has 0 heterocycles. The molecule has 0 aromatic heterocycles. The van der Waals surface area contributed by atoms with E-state index in [2.05, 4.69) is 11.9 Å². The summed E-state index contributed by atoms with van der Waals surface area (Å²) >= 11 is 0. The zero-order valence-electron chi connectivity index (χ0n) is 11.9. The van der Waals surface area contributed by atoms with Gasteiger partial charge in [-0.05, 0) is 24.1 Å². The van der Waals surface area contributed by atoms with Crippen molar-refractivity contribution in [2.75, 3.05) is 11.9 Å².